The lowest BCUT2D eigenvalue weighted by atomic mass is 9.83. The number of methoxy groups -OCH3 is 1. The van der Waals surface area contributed by atoms with Gasteiger partial charge in [0.25, 0.3) is 0 Å². The molecule has 1 aromatic rings. The van der Waals surface area contributed by atoms with Crippen LogP contribution in [0.15, 0.2) is 12.1 Å². The lowest BCUT2D eigenvalue weighted by Gasteiger charge is -2.40. The third-order valence-corrected chi connectivity index (χ3v) is 6.89. The van der Waals surface area contributed by atoms with Crippen molar-refractivity contribution in [3.63, 3.8) is 0 Å². The van der Waals surface area contributed by atoms with E-state index in [0.29, 0.717) is 25.2 Å². The number of benzene rings is 1. The van der Waals surface area contributed by atoms with Crippen LogP contribution in [0.1, 0.15) is 37.7 Å². The van der Waals surface area contributed by atoms with Crippen LogP contribution in [0.5, 0.6) is 17.2 Å². The van der Waals surface area contributed by atoms with Gasteiger partial charge in [0.15, 0.2) is 11.5 Å². The van der Waals surface area contributed by atoms with Crippen LogP contribution in [0.25, 0.3) is 0 Å². The predicted molar refractivity (Wildman–Crippen MR) is 105 cm³/mol. The summed E-state index contributed by atoms with van der Waals surface area (Å²) in [5.41, 5.74) is 1.10. The highest BCUT2D eigenvalue weighted by Crippen LogP contribution is 2.39. The summed E-state index contributed by atoms with van der Waals surface area (Å²) in [6.45, 7) is 4.69. The lowest BCUT2D eigenvalue weighted by Crippen LogP contribution is -2.50. The van der Waals surface area contributed by atoms with Crippen molar-refractivity contribution in [2.45, 2.75) is 44.7 Å². The van der Waals surface area contributed by atoms with Crippen molar-refractivity contribution in [2.75, 3.05) is 40.0 Å². The molecule has 4 fully saturated rings. The van der Waals surface area contributed by atoms with Gasteiger partial charge in [0, 0.05) is 43.9 Å². The minimum absolute atomic E-state index is 0.141. The largest absolute Gasteiger partial charge is 0.496 e. The molecular formula is C22H30N2O4. The fourth-order valence-corrected chi connectivity index (χ4v) is 5.12. The maximum atomic E-state index is 13.0. The van der Waals surface area contributed by atoms with Crippen LogP contribution in [0, 0.1) is 11.8 Å². The van der Waals surface area contributed by atoms with Gasteiger partial charge in [-0.15, -0.1) is 0 Å². The zero-order chi connectivity index (χ0) is 19.1. The van der Waals surface area contributed by atoms with Gasteiger partial charge in [-0.2, -0.15) is 0 Å². The lowest BCUT2D eigenvalue weighted by molar-refractivity contribution is -0.141. The highest BCUT2D eigenvalue weighted by atomic mass is 16.6. The Bertz CT molecular complexity index is 748. The molecule has 4 heterocycles. The van der Waals surface area contributed by atoms with E-state index >= 15 is 0 Å². The number of hydrogen-bond donors (Lipinski definition) is 0. The summed E-state index contributed by atoms with van der Waals surface area (Å²) in [6.07, 6.45) is 6.08. The van der Waals surface area contributed by atoms with Crippen molar-refractivity contribution < 1.29 is 19.0 Å². The van der Waals surface area contributed by atoms with Gasteiger partial charge in [-0.3, -0.25) is 9.69 Å². The molecule has 152 valence electrons. The van der Waals surface area contributed by atoms with Crippen LogP contribution in [-0.4, -0.2) is 61.7 Å². The molecule has 0 unspecified atom stereocenters. The number of ether oxygens (including phenoxy) is 3. The maximum Gasteiger partial charge on any atom is 0.227 e. The van der Waals surface area contributed by atoms with Gasteiger partial charge in [-0.25, -0.2) is 0 Å². The average Bonchev–Trinajstić information content (AvgIpc) is 2.94. The summed E-state index contributed by atoms with van der Waals surface area (Å²) in [5, 5.41) is 0. The Balaban J connectivity index is 1.34. The van der Waals surface area contributed by atoms with E-state index in [9.17, 15) is 4.79 Å². The molecule has 1 aliphatic carbocycles. The Morgan fingerprint density at radius 3 is 2.57 bits per heavy atom. The molecule has 2 bridgehead atoms. The Kier molecular flexibility index (Phi) is 4.83. The summed E-state index contributed by atoms with van der Waals surface area (Å²) in [6, 6.07) is 4.34. The first kappa shape index (κ1) is 18.1. The monoisotopic (exact) mass is 386 g/mol. The van der Waals surface area contributed by atoms with Crippen molar-refractivity contribution >= 4 is 5.91 Å². The molecule has 0 aromatic heterocycles. The Morgan fingerprint density at radius 1 is 1.07 bits per heavy atom. The topological polar surface area (TPSA) is 51.2 Å². The Labute approximate surface area is 166 Å². The summed E-state index contributed by atoms with van der Waals surface area (Å²) >= 11 is 0. The highest BCUT2D eigenvalue weighted by Gasteiger charge is 2.41. The first-order valence-electron chi connectivity index (χ1n) is 10.7. The van der Waals surface area contributed by atoms with Gasteiger partial charge in [-0.05, 0) is 37.7 Å². The molecule has 0 N–H and O–H groups in total. The van der Waals surface area contributed by atoms with Crippen molar-refractivity contribution in [1.29, 1.82) is 0 Å². The number of carbonyl (C=O) groups excluding carboxylic acids is 1. The third kappa shape index (κ3) is 3.32. The molecule has 6 rings (SSSR count). The summed E-state index contributed by atoms with van der Waals surface area (Å²) in [7, 11) is 1.70. The molecule has 5 aliphatic rings. The number of carbonyl (C=O) groups is 1. The minimum Gasteiger partial charge on any atom is -0.496 e. The zero-order valence-electron chi connectivity index (χ0n) is 16.7. The fraction of sp³-hybridized carbons (Fsp3) is 0.682. The van der Waals surface area contributed by atoms with Crippen LogP contribution in [0.4, 0.5) is 0 Å². The van der Waals surface area contributed by atoms with Crippen LogP contribution in [0.3, 0.4) is 0 Å². The first-order valence-corrected chi connectivity index (χ1v) is 10.7. The van der Waals surface area contributed by atoms with Crippen molar-refractivity contribution in [3.05, 3.63) is 17.7 Å². The zero-order valence-corrected chi connectivity index (χ0v) is 16.7. The van der Waals surface area contributed by atoms with E-state index in [1.165, 1.54) is 19.3 Å². The van der Waals surface area contributed by atoms with E-state index in [4.69, 9.17) is 14.2 Å². The standard InChI is InChI=1S/C22H30N2O4/c1-26-19-10-21-20(27-7-8-28-21)9-17(19)13-23-12-16-5-6-18(14-23)24(22(16)25)11-15-3-2-4-15/h9-10,15-16,18H,2-8,11-14H2,1H3/t16-,18+/m0/s1. The van der Waals surface area contributed by atoms with E-state index in [0.717, 1.165) is 67.8 Å². The maximum absolute atomic E-state index is 13.0. The summed E-state index contributed by atoms with van der Waals surface area (Å²) in [4.78, 5) is 17.7. The Hall–Kier alpha value is -1.95. The molecule has 4 aliphatic heterocycles. The van der Waals surface area contributed by atoms with Gasteiger partial charge >= 0.3 is 0 Å². The van der Waals surface area contributed by atoms with Crippen LogP contribution in [0.2, 0.25) is 0 Å². The molecule has 0 radical (unpaired) electrons. The van der Waals surface area contributed by atoms with Crippen LogP contribution in [-0.2, 0) is 11.3 Å². The normalized spacial score (nSPS) is 27.5. The second-order valence-corrected chi connectivity index (χ2v) is 8.72. The number of piperidine rings is 1. The van der Waals surface area contributed by atoms with E-state index in [2.05, 4.69) is 9.80 Å². The number of fused-ring (bicyclic) bond motifs is 5. The highest BCUT2D eigenvalue weighted by molar-refractivity contribution is 5.80. The van der Waals surface area contributed by atoms with Crippen LogP contribution < -0.4 is 14.2 Å². The quantitative estimate of drug-likeness (QED) is 0.779. The second kappa shape index (κ2) is 7.47. The molecule has 2 atom stereocenters. The number of nitrogens with zero attached hydrogens (tertiary/aromatic N) is 2. The first-order chi connectivity index (χ1) is 13.7. The van der Waals surface area contributed by atoms with Crippen LogP contribution >= 0.6 is 0 Å². The Morgan fingerprint density at radius 2 is 1.86 bits per heavy atom. The van der Waals surface area contributed by atoms with E-state index in [-0.39, 0.29) is 5.92 Å². The second-order valence-electron chi connectivity index (χ2n) is 8.72. The van der Waals surface area contributed by atoms with Gasteiger partial charge < -0.3 is 19.1 Å². The smallest absolute Gasteiger partial charge is 0.227 e. The molecule has 28 heavy (non-hydrogen) atoms. The van der Waals surface area contributed by atoms with Crippen molar-refractivity contribution in [1.82, 2.24) is 9.80 Å². The third-order valence-electron chi connectivity index (χ3n) is 6.89. The van der Waals surface area contributed by atoms with E-state index < -0.39 is 0 Å². The fourth-order valence-electron chi connectivity index (χ4n) is 5.12. The van der Waals surface area contributed by atoms with Gasteiger partial charge in [0.1, 0.15) is 19.0 Å². The molecule has 1 saturated carbocycles. The number of hydrogen-bond acceptors (Lipinski definition) is 5. The van der Waals surface area contributed by atoms with Gasteiger partial charge in [0.05, 0.1) is 13.0 Å². The van der Waals surface area contributed by atoms with E-state index in [1.807, 2.05) is 12.1 Å². The number of rotatable bonds is 5. The number of amides is 1. The van der Waals surface area contributed by atoms with Crippen molar-refractivity contribution in [2.24, 2.45) is 11.8 Å². The molecule has 1 aromatic carbocycles. The summed E-state index contributed by atoms with van der Waals surface area (Å²) < 4.78 is 17.1. The van der Waals surface area contributed by atoms with Gasteiger partial charge in [-0.1, -0.05) is 6.42 Å². The SMILES string of the molecule is COc1cc2c(cc1CN1C[C@@H]3CC[C@H](C1)N(CC1CCC1)C3=O)OCCO2. The molecule has 3 saturated heterocycles. The summed E-state index contributed by atoms with van der Waals surface area (Å²) in [5.74, 6) is 3.64. The minimum atomic E-state index is 0.141. The van der Waals surface area contributed by atoms with Crippen molar-refractivity contribution in [3.8, 4) is 17.2 Å². The van der Waals surface area contributed by atoms with Gasteiger partial charge in [0.2, 0.25) is 5.91 Å². The molecule has 6 heteroatoms. The molecular weight excluding hydrogens is 356 g/mol. The predicted octanol–water partition coefficient (Wildman–Crippen LogP) is 2.69. The van der Waals surface area contributed by atoms with E-state index in [1.54, 1.807) is 7.11 Å². The molecule has 6 nitrogen and oxygen atoms in total. The molecule has 1 amide bonds. The average molecular weight is 386 g/mol. The molecule has 0 spiro atoms.